The Hall–Kier alpha value is -1.85. The quantitative estimate of drug-likeness (QED) is 0.833. The van der Waals surface area contributed by atoms with E-state index < -0.39 is 0 Å². The number of nitrogens with one attached hydrogen (secondary N) is 1. The fraction of sp³-hybridized carbons (Fsp3) is 0.545. The minimum Gasteiger partial charge on any atom is -0.473 e. The first-order valence-electron chi connectivity index (χ1n) is 5.72. The van der Waals surface area contributed by atoms with Crippen LogP contribution in [0.1, 0.15) is 27.2 Å². The molecule has 1 aromatic rings. The van der Waals surface area contributed by atoms with Crippen LogP contribution in [0, 0.1) is 0 Å². The van der Waals surface area contributed by atoms with E-state index in [0.717, 1.165) is 12.1 Å². The van der Waals surface area contributed by atoms with Gasteiger partial charge in [0.2, 0.25) is 11.8 Å². The highest BCUT2D eigenvalue weighted by molar-refractivity contribution is 5.93. The molecule has 0 aromatic carbocycles. The summed E-state index contributed by atoms with van der Waals surface area (Å²) in [7, 11) is 0. The fourth-order valence-corrected chi connectivity index (χ4v) is 1.47. The number of hydrogen-bond acceptors (Lipinski definition) is 6. The minimum absolute atomic E-state index is 0.0748. The molecule has 1 aliphatic rings. The second kappa shape index (κ2) is 4.57. The smallest absolute Gasteiger partial charge is 0.247 e. The first-order chi connectivity index (χ1) is 8.10. The molecule has 1 atom stereocenters. The number of anilines is 2. The van der Waals surface area contributed by atoms with Crippen molar-refractivity contribution in [1.82, 2.24) is 9.97 Å². The average Bonchev–Trinajstić information content (AvgIpc) is 2.29. The molecule has 2 rings (SSSR count). The topological polar surface area (TPSA) is 85.4 Å². The number of nitrogens with two attached hydrogens (primary N) is 1. The van der Waals surface area contributed by atoms with Gasteiger partial charge in [0.05, 0.1) is 12.6 Å². The van der Waals surface area contributed by atoms with E-state index in [1.54, 1.807) is 0 Å². The van der Waals surface area contributed by atoms with Crippen molar-refractivity contribution in [2.75, 3.05) is 17.6 Å². The number of nitrogen functional groups attached to an aromatic ring is 1. The van der Waals surface area contributed by atoms with Crippen LogP contribution in [-0.4, -0.2) is 28.3 Å². The zero-order valence-corrected chi connectivity index (χ0v) is 10.3. The van der Waals surface area contributed by atoms with Gasteiger partial charge in [-0.1, -0.05) is 6.92 Å². The Balaban J connectivity index is 2.41. The molecule has 1 unspecified atom stereocenters. The van der Waals surface area contributed by atoms with Gasteiger partial charge in [-0.3, -0.25) is 0 Å². The third-order valence-corrected chi connectivity index (χ3v) is 2.57. The molecule has 0 radical (unpaired) electrons. The maximum absolute atomic E-state index is 5.71. The maximum atomic E-state index is 5.71. The third-order valence-electron chi connectivity index (χ3n) is 2.57. The molecule has 3 N–H and O–H groups in total. The molecule has 17 heavy (non-hydrogen) atoms. The molecule has 0 amide bonds. The molecule has 2 heterocycles. The zero-order valence-electron chi connectivity index (χ0n) is 10.3. The van der Waals surface area contributed by atoms with E-state index in [1.165, 1.54) is 0 Å². The highest BCUT2D eigenvalue weighted by Gasteiger charge is 2.19. The monoisotopic (exact) mass is 235 g/mol. The van der Waals surface area contributed by atoms with Crippen LogP contribution in [0.5, 0.6) is 5.88 Å². The maximum Gasteiger partial charge on any atom is 0.247 e. The number of aromatic nitrogens is 2. The molecule has 0 aliphatic carbocycles. The van der Waals surface area contributed by atoms with Crippen molar-refractivity contribution in [3.05, 3.63) is 0 Å². The molecule has 0 bridgehead atoms. The standard InChI is InChI=1S/C11H17N5O/c1-4-7(3)17-10-8-9(15-11(12)16-10)13-5-6(2)14-8/h7H,4-5H2,1-3H3,(H3,12,13,15,16). The van der Waals surface area contributed by atoms with Crippen molar-refractivity contribution < 1.29 is 4.74 Å². The van der Waals surface area contributed by atoms with Crippen LogP contribution in [0.3, 0.4) is 0 Å². The third kappa shape index (κ3) is 2.46. The summed E-state index contributed by atoms with van der Waals surface area (Å²) in [5.74, 6) is 1.29. The second-order valence-corrected chi connectivity index (χ2v) is 4.12. The minimum atomic E-state index is 0.0748. The summed E-state index contributed by atoms with van der Waals surface area (Å²) in [5.41, 5.74) is 7.26. The molecule has 0 spiro atoms. The molecular formula is C11H17N5O. The highest BCUT2D eigenvalue weighted by Crippen LogP contribution is 2.35. The van der Waals surface area contributed by atoms with Gasteiger partial charge in [0.25, 0.3) is 0 Å². The number of hydrogen-bond donors (Lipinski definition) is 2. The summed E-state index contributed by atoms with van der Waals surface area (Å²) < 4.78 is 5.71. The van der Waals surface area contributed by atoms with E-state index in [-0.39, 0.29) is 12.1 Å². The van der Waals surface area contributed by atoms with Gasteiger partial charge in [0.15, 0.2) is 11.5 Å². The molecule has 6 nitrogen and oxygen atoms in total. The van der Waals surface area contributed by atoms with Crippen LogP contribution in [0.15, 0.2) is 4.99 Å². The lowest BCUT2D eigenvalue weighted by molar-refractivity contribution is 0.210. The van der Waals surface area contributed by atoms with Crippen molar-refractivity contribution in [3.8, 4) is 5.88 Å². The lowest BCUT2D eigenvalue weighted by atomic mass is 10.3. The molecule has 0 saturated heterocycles. The Morgan fingerprint density at radius 3 is 2.94 bits per heavy atom. The van der Waals surface area contributed by atoms with Crippen LogP contribution in [0.2, 0.25) is 0 Å². The van der Waals surface area contributed by atoms with Gasteiger partial charge in [0.1, 0.15) is 0 Å². The lowest BCUT2D eigenvalue weighted by Gasteiger charge is -2.19. The Labute approximate surface area is 100 Å². The normalized spacial score (nSPS) is 15.6. The molecule has 1 aliphatic heterocycles. The van der Waals surface area contributed by atoms with E-state index in [4.69, 9.17) is 10.5 Å². The predicted molar refractivity (Wildman–Crippen MR) is 68.1 cm³/mol. The van der Waals surface area contributed by atoms with Gasteiger partial charge >= 0.3 is 0 Å². The van der Waals surface area contributed by atoms with Crippen LogP contribution in [-0.2, 0) is 0 Å². The summed E-state index contributed by atoms with van der Waals surface area (Å²) in [6.45, 7) is 6.65. The molecular weight excluding hydrogens is 218 g/mol. The van der Waals surface area contributed by atoms with E-state index in [9.17, 15) is 0 Å². The number of aliphatic imine (C=N–C) groups is 1. The molecule has 92 valence electrons. The van der Waals surface area contributed by atoms with Crippen molar-refractivity contribution >= 4 is 23.2 Å². The summed E-state index contributed by atoms with van der Waals surface area (Å²) in [6.07, 6.45) is 0.972. The number of rotatable bonds is 3. The number of nitrogens with zero attached hydrogens (tertiary/aromatic N) is 3. The van der Waals surface area contributed by atoms with Crippen LogP contribution < -0.4 is 15.8 Å². The van der Waals surface area contributed by atoms with Crippen molar-refractivity contribution in [3.63, 3.8) is 0 Å². The van der Waals surface area contributed by atoms with Crippen LogP contribution in [0.25, 0.3) is 0 Å². The lowest BCUT2D eigenvalue weighted by Crippen LogP contribution is -2.19. The average molecular weight is 235 g/mol. The van der Waals surface area contributed by atoms with E-state index >= 15 is 0 Å². The summed E-state index contributed by atoms with van der Waals surface area (Å²) in [5, 5.41) is 3.14. The van der Waals surface area contributed by atoms with E-state index in [1.807, 2.05) is 13.8 Å². The molecule has 1 aromatic heterocycles. The number of fused-ring (bicyclic) bond motifs is 1. The SMILES string of the molecule is CCC(C)Oc1nc(N)nc2c1N=C(C)CN2. The first kappa shape index (κ1) is 11.6. The Kier molecular flexibility index (Phi) is 3.12. The van der Waals surface area contributed by atoms with Gasteiger partial charge in [-0.2, -0.15) is 9.97 Å². The van der Waals surface area contributed by atoms with Crippen molar-refractivity contribution in [2.45, 2.75) is 33.3 Å². The Morgan fingerprint density at radius 2 is 2.24 bits per heavy atom. The molecule has 0 saturated carbocycles. The van der Waals surface area contributed by atoms with Crippen molar-refractivity contribution in [2.24, 2.45) is 4.99 Å². The number of ether oxygens (including phenoxy) is 1. The summed E-state index contributed by atoms with van der Waals surface area (Å²) >= 11 is 0. The largest absolute Gasteiger partial charge is 0.473 e. The van der Waals surface area contributed by atoms with E-state index in [2.05, 4.69) is 27.2 Å². The predicted octanol–water partition coefficient (Wildman–Crippen LogP) is 1.75. The highest BCUT2D eigenvalue weighted by atomic mass is 16.5. The molecule has 6 heteroatoms. The summed E-state index contributed by atoms with van der Waals surface area (Å²) in [6, 6.07) is 0. The Morgan fingerprint density at radius 1 is 1.47 bits per heavy atom. The Bertz CT molecular complexity index is 457. The fourth-order valence-electron chi connectivity index (χ4n) is 1.47. The van der Waals surface area contributed by atoms with Gasteiger partial charge in [-0.25, -0.2) is 4.99 Å². The van der Waals surface area contributed by atoms with Gasteiger partial charge in [-0.15, -0.1) is 0 Å². The van der Waals surface area contributed by atoms with Gasteiger partial charge in [-0.05, 0) is 20.3 Å². The van der Waals surface area contributed by atoms with Crippen LogP contribution >= 0.6 is 0 Å². The van der Waals surface area contributed by atoms with E-state index in [0.29, 0.717) is 23.9 Å². The molecule has 0 fully saturated rings. The zero-order chi connectivity index (χ0) is 12.4. The van der Waals surface area contributed by atoms with Gasteiger partial charge < -0.3 is 15.8 Å². The summed E-state index contributed by atoms with van der Waals surface area (Å²) in [4.78, 5) is 12.6. The van der Waals surface area contributed by atoms with Crippen molar-refractivity contribution in [1.29, 1.82) is 0 Å². The second-order valence-electron chi connectivity index (χ2n) is 4.12. The van der Waals surface area contributed by atoms with Gasteiger partial charge in [0, 0.05) is 5.71 Å². The first-order valence-corrected chi connectivity index (χ1v) is 5.72. The van der Waals surface area contributed by atoms with Crippen LogP contribution in [0.4, 0.5) is 17.5 Å².